The number of anilines is 1. The highest BCUT2D eigenvalue weighted by Crippen LogP contribution is 2.39. The molecule has 2 aliphatic heterocycles. The van der Waals surface area contributed by atoms with Crippen molar-refractivity contribution in [3.63, 3.8) is 0 Å². The zero-order valence-electron chi connectivity index (χ0n) is 20.0. The van der Waals surface area contributed by atoms with Crippen LogP contribution >= 0.6 is 0 Å². The number of hydrogen-bond donors (Lipinski definition) is 0. The molecule has 1 fully saturated rings. The number of carbonyl (C=O) groups excluding carboxylic acids is 1. The maximum absolute atomic E-state index is 14.3. The van der Waals surface area contributed by atoms with Crippen molar-refractivity contribution >= 4 is 11.6 Å². The smallest absolute Gasteiger partial charge is 0.241 e. The summed E-state index contributed by atoms with van der Waals surface area (Å²) < 4.78 is 33.4. The van der Waals surface area contributed by atoms with E-state index >= 15 is 0 Å². The summed E-state index contributed by atoms with van der Waals surface area (Å²) in [6, 6.07) is 11.2. The summed E-state index contributed by atoms with van der Waals surface area (Å²) in [4.78, 5) is 19.7. The van der Waals surface area contributed by atoms with Gasteiger partial charge in [-0.15, -0.1) is 0 Å². The van der Waals surface area contributed by atoms with Crippen LogP contribution in [-0.4, -0.2) is 74.7 Å². The normalized spacial score (nSPS) is 19.6. The van der Waals surface area contributed by atoms with Crippen molar-refractivity contribution in [3.05, 3.63) is 65.2 Å². The molecule has 1 amide bonds. The monoisotopic (exact) mass is 471 g/mol. The molecule has 0 unspecified atom stereocenters. The molecule has 2 aromatic rings. The van der Waals surface area contributed by atoms with Crippen LogP contribution in [0.3, 0.4) is 0 Å². The van der Waals surface area contributed by atoms with Crippen molar-refractivity contribution in [1.29, 1.82) is 0 Å². The van der Waals surface area contributed by atoms with Gasteiger partial charge in [0.15, 0.2) is 0 Å². The fourth-order valence-corrected chi connectivity index (χ4v) is 4.96. The molecule has 0 bridgehead atoms. The minimum absolute atomic E-state index is 0.00587. The molecule has 0 N–H and O–H groups in total. The van der Waals surface area contributed by atoms with E-state index < -0.39 is 0 Å². The summed E-state index contributed by atoms with van der Waals surface area (Å²) in [7, 11) is 0. The second kappa shape index (κ2) is 11.9. The Hall–Kier alpha value is -2.35. The summed E-state index contributed by atoms with van der Waals surface area (Å²) in [5.41, 5.74) is 2.56. The number of nitrogens with zero attached hydrogens (tertiary/aromatic N) is 3. The minimum atomic E-state index is -0.352. The average Bonchev–Trinajstić information content (AvgIpc) is 3.03. The molecule has 184 valence electrons. The van der Waals surface area contributed by atoms with Crippen LogP contribution in [0.5, 0.6) is 0 Å². The van der Waals surface area contributed by atoms with Crippen LogP contribution in [0.25, 0.3) is 0 Å². The number of halogens is 2. The van der Waals surface area contributed by atoms with E-state index in [9.17, 15) is 13.6 Å². The Kier molecular flexibility index (Phi) is 8.64. The molecular formula is C27H35F2N3O2. The van der Waals surface area contributed by atoms with Crippen LogP contribution in [0.1, 0.15) is 43.2 Å². The lowest BCUT2D eigenvalue weighted by molar-refractivity contribution is -0.120. The molecule has 2 aromatic carbocycles. The molecule has 2 aliphatic rings. The van der Waals surface area contributed by atoms with Crippen LogP contribution in [0, 0.1) is 11.6 Å². The van der Waals surface area contributed by atoms with Gasteiger partial charge in [0.2, 0.25) is 5.91 Å². The van der Waals surface area contributed by atoms with Gasteiger partial charge < -0.3 is 9.64 Å². The van der Waals surface area contributed by atoms with Gasteiger partial charge in [0.05, 0.1) is 18.8 Å². The molecule has 2 heterocycles. The highest BCUT2D eigenvalue weighted by Gasteiger charge is 2.29. The summed E-state index contributed by atoms with van der Waals surface area (Å²) in [6.07, 6.45) is 2.66. The van der Waals surface area contributed by atoms with E-state index in [1.807, 2.05) is 0 Å². The Balaban J connectivity index is 1.42. The molecule has 4 rings (SSSR count). The molecule has 5 nitrogen and oxygen atoms in total. The molecule has 1 atom stereocenters. The highest BCUT2D eigenvalue weighted by molar-refractivity contribution is 5.96. The lowest BCUT2D eigenvalue weighted by atomic mass is 9.87. The van der Waals surface area contributed by atoms with E-state index in [0.717, 1.165) is 76.3 Å². The third-order valence-corrected chi connectivity index (χ3v) is 6.83. The first-order chi connectivity index (χ1) is 16.5. The van der Waals surface area contributed by atoms with Crippen LogP contribution in [-0.2, 0) is 9.53 Å². The van der Waals surface area contributed by atoms with Crippen molar-refractivity contribution < 1.29 is 18.3 Å². The van der Waals surface area contributed by atoms with Crippen molar-refractivity contribution in [2.24, 2.45) is 0 Å². The number of fused-ring (bicyclic) bond motifs is 1. The number of ether oxygens (including phenoxy) is 1. The lowest BCUT2D eigenvalue weighted by Crippen LogP contribution is -2.50. The molecule has 0 spiro atoms. The number of hydrogen-bond acceptors (Lipinski definition) is 4. The minimum Gasteiger partial charge on any atom is -0.380 e. The molecule has 0 aromatic heterocycles. The standard InChI is InChI=1S/C27H35F2N3O2/c1-2-17-34-18-16-30-12-14-31(15-13-30)20-27(33)32-11-3-4-24(21-5-7-22(28)8-6-21)25-10-9-23(29)19-26(25)32/h5-10,19,24H,2-4,11-18,20H2,1H3/t24-/m1/s1. The number of carbonyl (C=O) groups is 1. The van der Waals surface area contributed by atoms with Crippen molar-refractivity contribution in [2.75, 3.05) is 63.9 Å². The fourth-order valence-electron chi connectivity index (χ4n) is 4.96. The van der Waals surface area contributed by atoms with E-state index in [0.29, 0.717) is 18.8 Å². The quantitative estimate of drug-likeness (QED) is 0.539. The summed E-state index contributed by atoms with van der Waals surface area (Å²) in [5.74, 6) is -0.615. The zero-order valence-corrected chi connectivity index (χ0v) is 20.0. The van der Waals surface area contributed by atoms with Crippen LogP contribution in [0.4, 0.5) is 14.5 Å². The van der Waals surface area contributed by atoms with E-state index in [-0.39, 0.29) is 23.5 Å². The second-order valence-electron chi connectivity index (χ2n) is 9.23. The summed E-state index contributed by atoms with van der Waals surface area (Å²) in [5, 5.41) is 0. The molecule has 0 radical (unpaired) electrons. The molecule has 1 saturated heterocycles. The third kappa shape index (κ3) is 6.20. The first kappa shape index (κ1) is 24.8. The van der Waals surface area contributed by atoms with Gasteiger partial charge in [-0.2, -0.15) is 0 Å². The molecule has 7 heteroatoms. The van der Waals surface area contributed by atoms with Gasteiger partial charge in [0.25, 0.3) is 0 Å². The average molecular weight is 472 g/mol. The Morgan fingerprint density at radius 1 is 0.941 bits per heavy atom. The van der Waals surface area contributed by atoms with Crippen molar-refractivity contribution in [3.8, 4) is 0 Å². The first-order valence-electron chi connectivity index (χ1n) is 12.4. The second-order valence-corrected chi connectivity index (χ2v) is 9.23. The van der Waals surface area contributed by atoms with Gasteiger partial charge in [-0.25, -0.2) is 8.78 Å². The van der Waals surface area contributed by atoms with E-state index in [1.165, 1.54) is 24.3 Å². The van der Waals surface area contributed by atoms with Crippen molar-refractivity contribution in [1.82, 2.24) is 9.80 Å². The predicted molar refractivity (Wildman–Crippen MR) is 130 cm³/mol. The number of rotatable bonds is 8. The Labute approximate surface area is 201 Å². The Bertz CT molecular complexity index is 945. The van der Waals surface area contributed by atoms with Gasteiger partial charge in [-0.05, 0) is 54.7 Å². The highest BCUT2D eigenvalue weighted by atomic mass is 19.1. The maximum Gasteiger partial charge on any atom is 0.241 e. The predicted octanol–water partition coefficient (Wildman–Crippen LogP) is 4.27. The van der Waals surface area contributed by atoms with Gasteiger partial charge in [0.1, 0.15) is 11.6 Å². The molecule has 0 aliphatic carbocycles. The zero-order chi connectivity index (χ0) is 23.9. The SMILES string of the molecule is CCCOCCN1CCN(CC(=O)N2CCC[C@H](c3ccc(F)cc3)c3ccc(F)cc32)CC1. The van der Waals surface area contributed by atoms with Crippen LogP contribution in [0.2, 0.25) is 0 Å². The van der Waals surface area contributed by atoms with Gasteiger partial charge in [-0.1, -0.05) is 25.1 Å². The number of benzene rings is 2. The lowest BCUT2D eigenvalue weighted by Gasteiger charge is -2.35. The first-order valence-corrected chi connectivity index (χ1v) is 12.4. The molecule has 34 heavy (non-hydrogen) atoms. The van der Waals surface area contributed by atoms with Crippen LogP contribution < -0.4 is 4.90 Å². The number of amides is 1. The van der Waals surface area contributed by atoms with Crippen LogP contribution in [0.15, 0.2) is 42.5 Å². The molecule has 0 saturated carbocycles. The largest absolute Gasteiger partial charge is 0.380 e. The van der Waals surface area contributed by atoms with Crippen molar-refractivity contribution in [2.45, 2.75) is 32.1 Å². The number of piperazine rings is 1. The summed E-state index contributed by atoms with van der Waals surface area (Å²) >= 11 is 0. The Morgan fingerprint density at radius 3 is 2.38 bits per heavy atom. The Morgan fingerprint density at radius 2 is 1.65 bits per heavy atom. The molecular weight excluding hydrogens is 436 g/mol. The topological polar surface area (TPSA) is 36.0 Å². The van der Waals surface area contributed by atoms with Gasteiger partial charge in [-0.3, -0.25) is 14.6 Å². The third-order valence-electron chi connectivity index (χ3n) is 6.83. The summed E-state index contributed by atoms with van der Waals surface area (Å²) in [6.45, 7) is 8.97. The maximum atomic E-state index is 14.3. The van der Waals surface area contributed by atoms with Gasteiger partial charge >= 0.3 is 0 Å². The fraction of sp³-hybridized carbons (Fsp3) is 0.519. The van der Waals surface area contributed by atoms with E-state index in [1.54, 1.807) is 23.1 Å². The van der Waals surface area contributed by atoms with E-state index in [4.69, 9.17) is 4.74 Å². The van der Waals surface area contributed by atoms with Gasteiger partial charge in [0, 0.05) is 51.8 Å². The van der Waals surface area contributed by atoms with E-state index in [2.05, 4.69) is 16.7 Å².